The van der Waals surface area contributed by atoms with E-state index in [0.717, 1.165) is 0 Å². The van der Waals surface area contributed by atoms with Gasteiger partial charge in [-0.05, 0) is 19.9 Å². The highest BCUT2D eigenvalue weighted by molar-refractivity contribution is 5.96. The highest BCUT2D eigenvalue weighted by atomic mass is 16.5. The molecule has 0 saturated heterocycles. The van der Waals surface area contributed by atoms with Crippen LogP contribution in [0.4, 0.5) is 11.4 Å². The third kappa shape index (κ3) is 3.42. The molecule has 0 saturated carbocycles. The molecule has 0 aliphatic heterocycles. The molecule has 1 aromatic heterocycles. The van der Waals surface area contributed by atoms with E-state index in [1.54, 1.807) is 26.4 Å². The van der Waals surface area contributed by atoms with Crippen LogP contribution in [0.15, 0.2) is 18.5 Å². The topological polar surface area (TPSA) is 68.5 Å². The first-order chi connectivity index (χ1) is 7.87. The number of nitrogens with zero attached hydrogens (tertiary/aromatic N) is 2. The van der Waals surface area contributed by atoms with Gasteiger partial charge in [0.05, 0.1) is 29.6 Å². The Morgan fingerprint density at radius 1 is 1.59 bits per heavy atom. The summed E-state index contributed by atoms with van der Waals surface area (Å²) >= 11 is 0. The van der Waals surface area contributed by atoms with Crippen LogP contribution in [0.1, 0.15) is 20.3 Å². The second kappa shape index (κ2) is 5.14. The molecule has 94 valence electrons. The van der Waals surface area contributed by atoms with Crippen molar-refractivity contribution in [3.63, 3.8) is 0 Å². The lowest BCUT2D eigenvalue weighted by Crippen LogP contribution is -2.35. The van der Waals surface area contributed by atoms with Gasteiger partial charge in [0.15, 0.2) is 0 Å². The van der Waals surface area contributed by atoms with E-state index in [1.165, 1.54) is 11.1 Å². The van der Waals surface area contributed by atoms with Gasteiger partial charge in [-0.15, -0.1) is 0 Å². The Morgan fingerprint density at radius 2 is 2.24 bits per heavy atom. The zero-order valence-corrected chi connectivity index (χ0v) is 10.7. The van der Waals surface area contributed by atoms with Gasteiger partial charge in [-0.3, -0.25) is 9.78 Å². The molecule has 0 aliphatic carbocycles. The molecule has 2 N–H and O–H groups in total. The maximum atomic E-state index is 12.0. The summed E-state index contributed by atoms with van der Waals surface area (Å²) in [5.41, 5.74) is 6.44. The standard InChI is InChI=1S/C12H19N3O2/c1-12(2,17-4)7-11(16)15(3)10-5-6-14-8-9(10)13/h5-6,8H,7,13H2,1-4H3. The molecule has 0 unspecified atom stereocenters. The van der Waals surface area contributed by atoms with Crippen molar-refractivity contribution >= 4 is 17.3 Å². The Hall–Kier alpha value is -1.62. The van der Waals surface area contributed by atoms with Crippen LogP contribution >= 0.6 is 0 Å². The molecule has 0 aliphatic rings. The Morgan fingerprint density at radius 3 is 2.76 bits per heavy atom. The Kier molecular flexibility index (Phi) is 4.07. The van der Waals surface area contributed by atoms with Gasteiger partial charge in [-0.25, -0.2) is 0 Å². The predicted molar refractivity (Wildman–Crippen MR) is 67.8 cm³/mol. The van der Waals surface area contributed by atoms with E-state index in [9.17, 15) is 4.79 Å². The minimum absolute atomic E-state index is 0.0465. The molecule has 5 nitrogen and oxygen atoms in total. The van der Waals surface area contributed by atoms with Crippen LogP contribution in [-0.2, 0) is 9.53 Å². The van der Waals surface area contributed by atoms with Gasteiger partial charge in [0.25, 0.3) is 0 Å². The second-order valence-corrected chi connectivity index (χ2v) is 4.53. The van der Waals surface area contributed by atoms with Crippen molar-refractivity contribution in [3.05, 3.63) is 18.5 Å². The van der Waals surface area contributed by atoms with E-state index < -0.39 is 5.60 Å². The van der Waals surface area contributed by atoms with Crippen LogP contribution in [0.3, 0.4) is 0 Å². The number of methoxy groups -OCH3 is 1. The number of pyridine rings is 1. The monoisotopic (exact) mass is 237 g/mol. The number of carbonyl (C=O) groups is 1. The Labute approximate surface area is 102 Å². The summed E-state index contributed by atoms with van der Waals surface area (Å²) in [6, 6.07) is 1.72. The lowest BCUT2D eigenvalue weighted by Gasteiger charge is -2.26. The molecule has 1 heterocycles. The predicted octanol–water partition coefficient (Wildman–Crippen LogP) is 1.44. The lowest BCUT2D eigenvalue weighted by molar-refractivity contribution is -0.123. The number of rotatable bonds is 4. The molecular weight excluding hydrogens is 218 g/mol. The normalized spacial score (nSPS) is 11.3. The van der Waals surface area contributed by atoms with Gasteiger partial charge >= 0.3 is 0 Å². The Bertz CT molecular complexity index is 404. The van der Waals surface area contributed by atoms with Crippen molar-refractivity contribution in [1.29, 1.82) is 0 Å². The average molecular weight is 237 g/mol. The number of hydrogen-bond acceptors (Lipinski definition) is 4. The van der Waals surface area contributed by atoms with E-state index in [2.05, 4.69) is 4.98 Å². The van der Waals surface area contributed by atoms with Crippen LogP contribution in [0, 0.1) is 0 Å². The number of amides is 1. The fourth-order valence-corrected chi connectivity index (χ4v) is 1.39. The van der Waals surface area contributed by atoms with Crippen molar-refractivity contribution in [1.82, 2.24) is 4.98 Å². The van der Waals surface area contributed by atoms with Gasteiger partial charge in [-0.1, -0.05) is 0 Å². The lowest BCUT2D eigenvalue weighted by atomic mass is 10.0. The summed E-state index contributed by atoms with van der Waals surface area (Å²) in [6.45, 7) is 3.74. The van der Waals surface area contributed by atoms with E-state index >= 15 is 0 Å². The highest BCUT2D eigenvalue weighted by Crippen LogP contribution is 2.22. The summed E-state index contributed by atoms with van der Waals surface area (Å²) in [4.78, 5) is 17.5. The number of anilines is 2. The van der Waals surface area contributed by atoms with Gasteiger partial charge in [0.2, 0.25) is 5.91 Å². The average Bonchev–Trinajstić information content (AvgIpc) is 2.28. The number of ether oxygens (including phenoxy) is 1. The number of nitrogens with two attached hydrogens (primary N) is 1. The van der Waals surface area contributed by atoms with Gasteiger partial charge in [0.1, 0.15) is 0 Å². The van der Waals surface area contributed by atoms with E-state index in [4.69, 9.17) is 10.5 Å². The van der Waals surface area contributed by atoms with Gasteiger partial charge in [0, 0.05) is 20.4 Å². The van der Waals surface area contributed by atoms with E-state index in [1.807, 2.05) is 13.8 Å². The number of aromatic nitrogens is 1. The van der Waals surface area contributed by atoms with Crippen LogP contribution in [0.2, 0.25) is 0 Å². The first kappa shape index (κ1) is 13.4. The fourth-order valence-electron chi connectivity index (χ4n) is 1.39. The summed E-state index contributed by atoms with van der Waals surface area (Å²) in [5.74, 6) is -0.0465. The summed E-state index contributed by atoms with van der Waals surface area (Å²) in [7, 11) is 3.29. The quantitative estimate of drug-likeness (QED) is 0.860. The molecule has 1 rings (SSSR count). The molecular formula is C12H19N3O2. The van der Waals surface area contributed by atoms with Gasteiger partial charge < -0.3 is 15.4 Å². The maximum Gasteiger partial charge on any atom is 0.229 e. The minimum atomic E-state index is -0.479. The van der Waals surface area contributed by atoms with Crippen LogP contribution in [0.5, 0.6) is 0 Å². The molecule has 0 fully saturated rings. The van der Waals surface area contributed by atoms with E-state index in [0.29, 0.717) is 17.8 Å². The SMILES string of the molecule is COC(C)(C)CC(=O)N(C)c1ccncc1N. The van der Waals surface area contributed by atoms with Gasteiger partial charge in [-0.2, -0.15) is 0 Å². The zero-order chi connectivity index (χ0) is 13.1. The maximum absolute atomic E-state index is 12.0. The molecule has 5 heteroatoms. The summed E-state index contributed by atoms with van der Waals surface area (Å²) in [6.07, 6.45) is 3.43. The first-order valence-corrected chi connectivity index (χ1v) is 5.38. The van der Waals surface area contributed by atoms with Crippen LogP contribution < -0.4 is 10.6 Å². The summed E-state index contributed by atoms with van der Waals surface area (Å²) in [5, 5.41) is 0. The van der Waals surface area contributed by atoms with Crippen molar-refractivity contribution in [3.8, 4) is 0 Å². The summed E-state index contributed by atoms with van der Waals surface area (Å²) < 4.78 is 5.23. The Balaban J connectivity index is 2.81. The largest absolute Gasteiger partial charge is 0.396 e. The van der Waals surface area contributed by atoms with Crippen molar-refractivity contribution in [2.75, 3.05) is 24.8 Å². The zero-order valence-electron chi connectivity index (χ0n) is 10.7. The molecule has 0 radical (unpaired) electrons. The molecule has 1 amide bonds. The molecule has 0 atom stereocenters. The molecule has 1 aromatic rings. The van der Waals surface area contributed by atoms with Crippen molar-refractivity contribution in [2.45, 2.75) is 25.9 Å². The molecule has 0 bridgehead atoms. The highest BCUT2D eigenvalue weighted by Gasteiger charge is 2.24. The molecule has 17 heavy (non-hydrogen) atoms. The molecule has 0 spiro atoms. The van der Waals surface area contributed by atoms with Crippen LogP contribution in [0.25, 0.3) is 0 Å². The number of carbonyl (C=O) groups excluding carboxylic acids is 1. The third-order valence-electron chi connectivity index (χ3n) is 2.69. The molecule has 0 aromatic carbocycles. The third-order valence-corrected chi connectivity index (χ3v) is 2.69. The minimum Gasteiger partial charge on any atom is -0.396 e. The number of hydrogen-bond donors (Lipinski definition) is 1. The first-order valence-electron chi connectivity index (χ1n) is 5.38. The fraction of sp³-hybridized carbons (Fsp3) is 0.500. The smallest absolute Gasteiger partial charge is 0.229 e. The van der Waals surface area contributed by atoms with Crippen LogP contribution in [-0.4, -0.2) is 30.6 Å². The number of nitrogen functional groups attached to an aromatic ring is 1. The van der Waals surface area contributed by atoms with E-state index in [-0.39, 0.29) is 5.91 Å². The second-order valence-electron chi connectivity index (χ2n) is 4.53. The van der Waals surface area contributed by atoms with Crippen molar-refractivity contribution < 1.29 is 9.53 Å². The van der Waals surface area contributed by atoms with Crippen molar-refractivity contribution in [2.24, 2.45) is 0 Å².